The topological polar surface area (TPSA) is 65.8 Å². The summed E-state index contributed by atoms with van der Waals surface area (Å²) < 4.78 is 0. The van der Waals surface area contributed by atoms with Gasteiger partial charge in [-0.15, -0.1) is 0 Å². The summed E-state index contributed by atoms with van der Waals surface area (Å²) in [6.45, 7) is 4.25. The van der Waals surface area contributed by atoms with E-state index in [1.54, 1.807) is 18.3 Å². The molecular formula is C22H19N3O. The Labute approximate surface area is 152 Å². The molecule has 4 heteroatoms. The van der Waals surface area contributed by atoms with Crippen LogP contribution >= 0.6 is 0 Å². The van der Waals surface area contributed by atoms with Crippen LogP contribution in [0.15, 0.2) is 66.4 Å². The smallest absolute Gasteiger partial charge is 0.266 e. The van der Waals surface area contributed by atoms with E-state index in [2.05, 4.69) is 24.1 Å². The third-order valence-electron chi connectivity index (χ3n) is 4.17. The van der Waals surface area contributed by atoms with Crippen LogP contribution in [-0.4, -0.2) is 10.9 Å². The van der Waals surface area contributed by atoms with Crippen LogP contribution in [0.25, 0.3) is 17.0 Å². The van der Waals surface area contributed by atoms with Crippen LogP contribution in [0.1, 0.15) is 30.9 Å². The number of carbonyl (C=O) groups excluding carboxylic acids is 1. The largest absolute Gasteiger partial charge is 0.321 e. The van der Waals surface area contributed by atoms with E-state index < -0.39 is 5.91 Å². The number of amides is 1. The molecule has 0 bridgehead atoms. The van der Waals surface area contributed by atoms with Gasteiger partial charge in [0, 0.05) is 11.6 Å². The molecular weight excluding hydrogens is 322 g/mol. The normalized spacial score (nSPS) is 11.4. The lowest BCUT2D eigenvalue weighted by molar-refractivity contribution is -0.112. The highest BCUT2D eigenvalue weighted by atomic mass is 16.1. The van der Waals surface area contributed by atoms with Crippen molar-refractivity contribution in [2.75, 3.05) is 5.32 Å². The quantitative estimate of drug-likeness (QED) is 0.542. The maximum atomic E-state index is 12.5. The summed E-state index contributed by atoms with van der Waals surface area (Å²) in [5.74, 6) is 0.00326. The molecule has 0 saturated carbocycles. The number of hydrogen-bond donors (Lipinski definition) is 1. The van der Waals surface area contributed by atoms with E-state index in [1.807, 2.05) is 54.6 Å². The Morgan fingerprint density at radius 2 is 1.88 bits per heavy atom. The first kappa shape index (κ1) is 17.4. The number of nitrogens with one attached hydrogen (secondary N) is 1. The summed E-state index contributed by atoms with van der Waals surface area (Å²) in [5.41, 5.74) is 3.52. The first-order valence-corrected chi connectivity index (χ1v) is 8.45. The molecule has 0 radical (unpaired) electrons. The second-order valence-electron chi connectivity index (χ2n) is 6.32. The monoisotopic (exact) mass is 341 g/mol. The number of pyridine rings is 1. The predicted molar refractivity (Wildman–Crippen MR) is 104 cm³/mol. The Balaban J connectivity index is 1.86. The standard InChI is InChI=1S/C22H19N3O/c1-15(2)17-10-8-16(9-11-17)13-18(14-23)22(26)25-21-7-3-6-20-19(21)5-4-12-24-20/h3-13,15H,1-2H3,(H,25,26)/b18-13+. The van der Waals surface area contributed by atoms with Gasteiger partial charge in [0.25, 0.3) is 5.91 Å². The number of nitriles is 1. The molecule has 4 nitrogen and oxygen atoms in total. The minimum atomic E-state index is -0.434. The van der Waals surface area contributed by atoms with Crippen LogP contribution in [0.3, 0.4) is 0 Å². The van der Waals surface area contributed by atoms with Gasteiger partial charge in [-0.25, -0.2) is 0 Å². The van der Waals surface area contributed by atoms with Crippen molar-refractivity contribution < 1.29 is 4.79 Å². The highest BCUT2D eigenvalue weighted by molar-refractivity contribution is 6.12. The summed E-state index contributed by atoms with van der Waals surface area (Å²) in [6, 6.07) is 19.1. The number of aromatic nitrogens is 1. The molecule has 1 amide bonds. The molecule has 0 fully saturated rings. The molecule has 3 aromatic rings. The van der Waals surface area contributed by atoms with Crippen molar-refractivity contribution in [2.45, 2.75) is 19.8 Å². The molecule has 128 valence electrons. The zero-order chi connectivity index (χ0) is 18.5. The van der Waals surface area contributed by atoms with Gasteiger partial charge in [-0.1, -0.05) is 44.2 Å². The number of nitrogens with zero attached hydrogens (tertiary/aromatic N) is 2. The number of hydrogen-bond acceptors (Lipinski definition) is 3. The van der Waals surface area contributed by atoms with Crippen LogP contribution in [0.5, 0.6) is 0 Å². The van der Waals surface area contributed by atoms with E-state index in [9.17, 15) is 10.1 Å². The molecule has 3 rings (SSSR count). The van der Waals surface area contributed by atoms with Crippen molar-refractivity contribution in [1.82, 2.24) is 4.98 Å². The molecule has 2 aromatic carbocycles. The Morgan fingerprint density at radius 1 is 1.12 bits per heavy atom. The SMILES string of the molecule is CC(C)c1ccc(/C=C(\C#N)C(=O)Nc2cccc3ncccc23)cc1. The third-order valence-corrected chi connectivity index (χ3v) is 4.17. The second kappa shape index (κ2) is 7.62. The van der Waals surface area contributed by atoms with E-state index in [1.165, 1.54) is 5.56 Å². The Bertz CT molecular complexity index is 1010. The summed E-state index contributed by atoms with van der Waals surface area (Å²) >= 11 is 0. The van der Waals surface area contributed by atoms with E-state index in [0.717, 1.165) is 16.5 Å². The number of benzene rings is 2. The molecule has 0 saturated heterocycles. The highest BCUT2D eigenvalue weighted by Crippen LogP contribution is 2.22. The Kier molecular flexibility index (Phi) is 5.09. The van der Waals surface area contributed by atoms with Gasteiger partial charge < -0.3 is 5.32 Å². The molecule has 0 unspecified atom stereocenters. The summed E-state index contributed by atoms with van der Waals surface area (Å²) in [5, 5.41) is 13.1. The van der Waals surface area contributed by atoms with Crippen LogP contribution in [0.2, 0.25) is 0 Å². The first-order valence-electron chi connectivity index (χ1n) is 8.45. The van der Waals surface area contributed by atoms with Gasteiger partial charge in [0.1, 0.15) is 11.6 Å². The van der Waals surface area contributed by atoms with E-state index in [-0.39, 0.29) is 5.57 Å². The van der Waals surface area contributed by atoms with Crippen LogP contribution in [-0.2, 0) is 4.79 Å². The van der Waals surface area contributed by atoms with Gasteiger partial charge in [0.05, 0.1) is 11.2 Å². The Morgan fingerprint density at radius 3 is 2.58 bits per heavy atom. The second-order valence-corrected chi connectivity index (χ2v) is 6.32. The van der Waals surface area contributed by atoms with Gasteiger partial charge in [0.2, 0.25) is 0 Å². The maximum absolute atomic E-state index is 12.5. The molecule has 0 aliphatic carbocycles. The van der Waals surface area contributed by atoms with E-state index >= 15 is 0 Å². The zero-order valence-corrected chi connectivity index (χ0v) is 14.7. The van der Waals surface area contributed by atoms with Gasteiger partial charge in [0.15, 0.2) is 0 Å². The minimum absolute atomic E-state index is 0.0585. The lowest BCUT2D eigenvalue weighted by Gasteiger charge is -2.08. The van der Waals surface area contributed by atoms with Gasteiger partial charge in [-0.05, 0) is 47.4 Å². The van der Waals surface area contributed by atoms with Crippen molar-refractivity contribution in [1.29, 1.82) is 5.26 Å². The molecule has 0 atom stereocenters. The first-order chi connectivity index (χ1) is 12.6. The van der Waals surface area contributed by atoms with Gasteiger partial charge >= 0.3 is 0 Å². The van der Waals surface area contributed by atoms with Crippen molar-refractivity contribution in [2.24, 2.45) is 0 Å². The average molecular weight is 341 g/mol. The molecule has 1 N–H and O–H groups in total. The summed E-state index contributed by atoms with van der Waals surface area (Å²) in [7, 11) is 0. The third kappa shape index (κ3) is 3.79. The molecule has 0 aliphatic heterocycles. The number of carbonyl (C=O) groups is 1. The fraction of sp³-hybridized carbons (Fsp3) is 0.136. The summed E-state index contributed by atoms with van der Waals surface area (Å²) in [6.07, 6.45) is 3.30. The lowest BCUT2D eigenvalue weighted by Crippen LogP contribution is -2.13. The molecule has 1 aromatic heterocycles. The average Bonchev–Trinajstić information content (AvgIpc) is 2.66. The molecule has 0 aliphatic rings. The fourth-order valence-electron chi connectivity index (χ4n) is 2.69. The van der Waals surface area contributed by atoms with Gasteiger partial charge in [-0.2, -0.15) is 5.26 Å². The number of rotatable bonds is 4. The molecule has 26 heavy (non-hydrogen) atoms. The fourth-order valence-corrected chi connectivity index (χ4v) is 2.69. The Hall–Kier alpha value is -3.45. The van der Waals surface area contributed by atoms with Crippen LogP contribution < -0.4 is 5.32 Å². The van der Waals surface area contributed by atoms with Gasteiger partial charge in [-0.3, -0.25) is 9.78 Å². The zero-order valence-electron chi connectivity index (χ0n) is 14.7. The van der Waals surface area contributed by atoms with E-state index in [4.69, 9.17) is 0 Å². The summed E-state index contributed by atoms with van der Waals surface area (Å²) in [4.78, 5) is 16.8. The predicted octanol–water partition coefficient (Wildman–Crippen LogP) is 4.90. The maximum Gasteiger partial charge on any atom is 0.266 e. The molecule has 1 heterocycles. The van der Waals surface area contributed by atoms with E-state index in [0.29, 0.717) is 11.6 Å². The minimum Gasteiger partial charge on any atom is -0.321 e. The molecule has 0 spiro atoms. The van der Waals surface area contributed by atoms with Crippen molar-refractivity contribution in [3.63, 3.8) is 0 Å². The van der Waals surface area contributed by atoms with Crippen LogP contribution in [0, 0.1) is 11.3 Å². The van der Waals surface area contributed by atoms with Crippen molar-refractivity contribution in [3.05, 3.63) is 77.5 Å². The number of fused-ring (bicyclic) bond motifs is 1. The lowest BCUT2D eigenvalue weighted by atomic mass is 10.0. The van der Waals surface area contributed by atoms with Crippen molar-refractivity contribution in [3.8, 4) is 6.07 Å². The highest BCUT2D eigenvalue weighted by Gasteiger charge is 2.11. The van der Waals surface area contributed by atoms with Crippen molar-refractivity contribution >= 4 is 28.6 Å². The number of anilines is 1. The van der Waals surface area contributed by atoms with Crippen LogP contribution in [0.4, 0.5) is 5.69 Å².